The van der Waals surface area contributed by atoms with Crippen LogP contribution in [0.2, 0.25) is 0 Å². The molecule has 0 bridgehead atoms. The van der Waals surface area contributed by atoms with E-state index < -0.39 is 24.1 Å². The number of nitrogens with two attached hydrogens (primary N) is 1. The first-order valence-electron chi connectivity index (χ1n) is 11.4. The van der Waals surface area contributed by atoms with Gasteiger partial charge in [0.1, 0.15) is 6.04 Å². The molecular formula is C24H37N3O4. The second kappa shape index (κ2) is 12.6. The van der Waals surface area contributed by atoms with Crippen molar-refractivity contribution in [2.45, 2.75) is 76.9 Å². The summed E-state index contributed by atoms with van der Waals surface area (Å²) in [5.74, 6) is -1.27. The molecule has 172 valence electrons. The zero-order valence-electron chi connectivity index (χ0n) is 18.8. The number of hydrogen-bond donors (Lipinski definition) is 3. The molecule has 0 spiro atoms. The Hall–Kier alpha value is -2.25. The summed E-state index contributed by atoms with van der Waals surface area (Å²) < 4.78 is 0. The normalized spacial score (nSPS) is 18.2. The lowest BCUT2D eigenvalue weighted by atomic mass is 9.94. The minimum atomic E-state index is -0.967. The number of carboxylic acid groups (broad SMARTS) is 1. The lowest BCUT2D eigenvalue weighted by Crippen LogP contribution is -2.54. The van der Waals surface area contributed by atoms with E-state index in [4.69, 9.17) is 5.73 Å². The van der Waals surface area contributed by atoms with Crippen LogP contribution < -0.4 is 11.1 Å². The summed E-state index contributed by atoms with van der Waals surface area (Å²) in [7, 11) is 0. The van der Waals surface area contributed by atoms with Crippen molar-refractivity contribution in [3.05, 3.63) is 35.9 Å². The summed E-state index contributed by atoms with van der Waals surface area (Å²) in [6.07, 6.45) is 4.52. The molecule has 31 heavy (non-hydrogen) atoms. The van der Waals surface area contributed by atoms with Crippen molar-refractivity contribution in [2.75, 3.05) is 13.1 Å². The van der Waals surface area contributed by atoms with Crippen LogP contribution in [0.15, 0.2) is 30.3 Å². The van der Waals surface area contributed by atoms with Crippen molar-refractivity contribution in [3.8, 4) is 0 Å². The van der Waals surface area contributed by atoms with Crippen molar-refractivity contribution >= 4 is 17.7 Å². The second-order valence-corrected chi connectivity index (χ2v) is 8.67. The molecular weight excluding hydrogens is 394 g/mol. The predicted molar refractivity (Wildman–Crippen MR) is 121 cm³/mol. The molecule has 2 rings (SSSR count). The molecule has 0 unspecified atom stereocenters. The van der Waals surface area contributed by atoms with E-state index in [0.29, 0.717) is 38.8 Å². The number of rotatable bonds is 13. The summed E-state index contributed by atoms with van der Waals surface area (Å²) in [4.78, 5) is 39.3. The topological polar surface area (TPSA) is 113 Å². The van der Waals surface area contributed by atoms with Gasteiger partial charge in [-0.3, -0.25) is 14.9 Å². The maximum atomic E-state index is 13.3. The molecule has 1 aromatic carbocycles. The van der Waals surface area contributed by atoms with Gasteiger partial charge in [0.2, 0.25) is 5.91 Å². The number of hydrogen-bond acceptors (Lipinski definition) is 5. The Morgan fingerprint density at radius 3 is 2.45 bits per heavy atom. The SMILES string of the molecule is CC(C)C(=O)[C@H](CCc1ccccc1)N[C@@H](CCCCN)C(=O)N1CCC[C@H]1C(=O)O. The quantitative estimate of drug-likeness (QED) is 0.413. The van der Waals surface area contributed by atoms with Crippen LogP contribution in [0.4, 0.5) is 0 Å². The van der Waals surface area contributed by atoms with Gasteiger partial charge in [0.25, 0.3) is 0 Å². The monoisotopic (exact) mass is 431 g/mol. The van der Waals surface area contributed by atoms with E-state index in [1.165, 1.54) is 4.90 Å². The Labute approximate surface area is 185 Å². The highest BCUT2D eigenvalue weighted by Crippen LogP contribution is 2.21. The third-order valence-corrected chi connectivity index (χ3v) is 5.95. The molecule has 0 saturated carbocycles. The van der Waals surface area contributed by atoms with Gasteiger partial charge in [0.05, 0.1) is 12.1 Å². The van der Waals surface area contributed by atoms with Crippen LogP contribution in [-0.4, -0.2) is 58.9 Å². The molecule has 1 aliphatic heterocycles. The molecule has 1 fully saturated rings. The molecule has 7 nitrogen and oxygen atoms in total. The van der Waals surface area contributed by atoms with Gasteiger partial charge in [-0.25, -0.2) is 4.79 Å². The van der Waals surface area contributed by atoms with Crippen LogP contribution in [0, 0.1) is 5.92 Å². The number of likely N-dealkylation sites (tertiary alicyclic amines) is 1. The van der Waals surface area contributed by atoms with Crippen molar-refractivity contribution in [1.82, 2.24) is 10.2 Å². The fraction of sp³-hybridized carbons (Fsp3) is 0.625. The molecule has 3 atom stereocenters. The number of aryl methyl sites for hydroxylation is 1. The lowest BCUT2D eigenvalue weighted by Gasteiger charge is -2.30. The van der Waals surface area contributed by atoms with Gasteiger partial charge in [-0.05, 0) is 50.6 Å². The van der Waals surface area contributed by atoms with Crippen LogP contribution in [-0.2, 0) is 20.8 Å². The largest absolute Gasteiger partial charge is 0.480 e. The number of benzene rings is 1. The Morgan fingerprint density at radius 1 is 1.13 bits per heavy atom. The maximum Gasteiger partial charge on any atom is 0.326 e. The molecule has 0 radical (unpaired) electrons. The van der Waals surface area contributed by atoms with E-state index in [9.17, 15) is 19.5 Å². The Balaban J connectivity index is 2.16. The number of nitrogens with one attached hydrogen (secondary N) is 1. The predicted octanol–water partition coefficient (Wildman–Crippen LogP) is 2.38. The highest BCUT2D eigenvalue weighted by atomic mass is 16.4. The number of carboxylic acids is 1. The zero-order chi connectivity index (χ0) is 22.8. The second-order valence-electron chi connectivity index (χ2n) is 8.67. The van der Waals surface area contributed by atoms with Gasteiger partial charge in [-0.2, -0.15) is 0 Å². The number of ketones is 1. The minimum Gasteiger partial charge on any atom is -0.480 e. The summed E-state index contributed by atoms with van der Waals surface area (Å²) >= 11 is 0. The van der Waals surface area contributed by atoms with E-state index in [0.717, 1.165) is 24.8 Å². The summed E-state index contributed by atoms with van der Waals surface area (Å²) in [6.45, 7) is 4.71. The molecule has 0 aromatic heterocycles. The van der Waals surface area contributed by atoms with Crippen molar-refractivity contribution in [1.29, 1.82) is 0 Å². The average molecular weight is 432 g/mol. The number of amides is 1. The fourth-order valence-corrected chi connectivity index (χ4v) is 4.17. The van der Waals surface area contributed by atoms with Crippen LogP contribution >= 0.6 is 0 Å². The van der Waals surface area contributed by atoms with Crippen LogP contribution in [0.1, 0.15) is 57.9 Å². The number of carbonyl (C=O) groups excluding carboxylic acids is 2. The minimum absolute atomic E-state index is 0.0729. The van der Waals surface area contributed by atoms with E-state index >= 15 is 0 Å². The van der Waals surface area contributed by atoms with Crippen molar-refractivity contribution < 1.29 is 19.5 Å². The molecule has 0 aliphatic carbocycles. The molecule has 1 saturated heterocycles. The van der Waals surface area contributed by atoms with Crippen LogP contribution in [0.25, 0.3) is 0 Å². The van der Waals surface area contributed by atoms with Gasteiger partial charge in [-0.1, -0.05) is 50.6 Å². The Kier molecular flexibility index (Phi) is 10.1. The van der Waals surface area contributed by atoms with Gasteiger partial charge >= 0.3 is 5.97 Å². The molecule has 1 aliphatic rings. The number of unbranched alkanes of at least 4 members (excludes halogenated alkanes) is 1. The van der Waals surface area contributed by atoms with Crippen molar-refractivity contribution in [3.63, 3.8) is 0 Å². The number of carbonyl (C=O) groups is 3. The smallest absolute Gasteiger partial charge is 0.326 e. The summed E-state index contributed by atoms with van der Waals surface area (Å²) in [6, 6.07) is 8.13. The van der Waals surface area contributed by atoms with Crippen LogP contribution in [0.3, 0.4) is 0 Å². The van der Waals surface area contributed by atoms with Gasteiger partial charge in [0, 0.05) is 12.5 Å². The third-order valence-electron chi connectivity index (χ3n) is 5.95. The van der Waals surface area contributed by atoms with Gasteiger partial charge < -0.3 is 15.7 Å². The number of Topliss-reactive ketones (excluding diaryl/α,β-unsaturated/α-hetero) is 1. The number of nitrogens with zero attached hydrogens (tertiary/aromatic N) is 1. The summed E-state index contributed by atoms with van der Waals surface area (Å²) in [5, 5.41) is 12.8. The standard InChI is InChI=1S/C24H37N3O4/c1-17(2)22(28)19(14-13-18-9-4-3-5-10-18)26-20(11-6-7-15-25)23(29)27-16-8-12-21(27)24(30)31/h3-5,9-10,17,19-21,26H,6-8,11-16,25H2,1-2H3,(H,30,31)/t19-,20-,21-/m0/s1. The van der Waals surface area contributed by atoms with Crippen molar-refractivity contribution in [2.24, 2.45) is 11.7 Å². The van der Waals surface area contributed by atoms with E-state index in [2.05, 4.69) is 5.32 Å². The van der Waals surface area contributed by atoms with Gasteiger partial charge in [0.15, 0.2) is 5.78 Å². The van der Waals surface area contributed by atoms with E-state index in [-0.39, 0.29) is 17.6 Å². The Bertz CT molecular complexity index is 723. The van der Waals surface area contributed by atoms with E-state index in [1.807, 2.05) is 44.2 Å². The molecule has 1 amide bonds. The Morgan fingerprint density at radius 2 is 1.84 bits per heavy atom. The molecule has 4 N–H and O–H groups in total. The first-order valence-corrected chi connectivity index (χ1v) is 11.4. The summed E-state index contributed by atoms with van der Waals surface area (Å²) in [5.41, 5.74) is 6.77. The van der Waals surface area contributed by atoms with Crippen LogP contribution in [0.5, 0.6) is 0 Å². The lowest BCUT2D eigenvalue weighted by molar-refractivity contribution is -0.149. The highest BCUT2D eigenvalue weighted by molar-refractivity contribution is 5.89. The first-order chi connectivity index (χ1) is 14.8. The maximum absolute atomic E-state index is 13.3. The van der Waals surface area contributed by atoms with E-state index in [1.54, 1.807) is 0 Å². The average Bonchev–Trinajstić information content (AvgIpc) is 3.25. The highest BCUT2D eigenvalue weighted by Gasteiger charge is 2.38. The fourth-order valence-electron chi connectivity index (χ4n) is 4.17. The molecule has 1 heterocycles. The van der Waals surface area contributed by atoms with Gasteiger partial charge in [-0.15, -0.1) is 0 Å². The number of aliphatic carboxylic acids is 1. The zero-order valence-corrected chi connectivity index (χ0v) is 18.8. The molecule has 1 aromatic rings. The molecule has 7 heteroatoms. The third kappa shape index (κ3) is 7.43. The first kappa shape index (κ1) is 25.0.